The van der Waals surface area contributed by atoms with E-state index < -0.39 is 12.2 Å². The van der Waals surface area contributed by atoms with E-state index in [4.69, 9.17) is 4.74 Å². The molecule has 2 nitrogen and oxygen atoms in total. The van der Waals surface area contributed by atoms with Crippen LogP contribution < -0.4 is 10.1 Å². The number of alkyl halides is 3. The van der Waals surface area contributed by atoms with Gasteiger partial charge >= 0.3 is 6.18 Å². The van der Waals surface area contributed by atoms with E-state index in [0.29, 0.717) is 15.9 Å². The van der Waals surface area contributed by atoms with Gasteiger partial charge in [0.25, 0.3) is 0 Å². The molecule has 0 aliphatic rings. The molecule has 0 fully saturated rings. The van der Waals surface area contributed by atoms with Gasteiger partial charge in [0.2, 0.25) is 0 Å². The van der Waals surface area contributed by atoms with Gasteiger partial charge in [-0.2, -0.15) is 13.2 Å². The predicted octanol–water partition coefficient (Wildman–Crippen LogP) is 5.17. The van der Waals surface area contributed by atoms with Crippen molar-refractivity contribution in [1.29, 1.82) is 0 Å². The Labute approximate surface area is 129 Å². The zero-order chi connectivity index (χ0) is 15.5. The average molecular weight is 360 g/mol. The molecule has 0 heterocycles. The van der Waals surface area contributed by atoms with Gasteiger partial charge in [-0.1, -0.05) is 30.3 Å². The third kappa shape index (κ3) is 3.91. The van der Waals surface area contributed by atoms with Crippen LogP contribution in [0.2, 0.25) is 0 Å². The number of rotatable bonds is 4. The van der Waals surface area contributed by atoms with Crippen LogP contribution in [-0.4, -0.2) is 13.3 Å². The van der Waals surface area contributed by atoms with Crippen molar-refractivity contribution < 1.29 is 17.9 Å². The number of hydrogen-bond donors (Lipinski definition) is 1. The SMILES string of the molecule is COc1ccc(NC(c2ccccc2)C(F)(F)F)cc1Br. The van der Waals surface area contributed by atoms with Gasteiger partial charge in [0.05, 0.1) is 11.6 Å². The summed E-state index contributed by atoms with van der Waals surface area (Å²) in [6, 6.07) is 10.7. The second kappa shape index (κ2) is 6.39. The van der Waals surface area contributed by atoms with Gasteiger partial charge in [0.1, 0.15) is 11.8 Å². The average Bonchev–Trinajstić information content (AvgIpc) is 2.44. The Morgan fingerprint density at radius 3 is 2.29 bits per heavy atom. The molecule has 1 unspecified atom stereocenters. The first-order chi connectivity index (χ1) is 9.91. The first-order valence-corrected chi connectivity index (χ1v) is 6.93. The number of anilines is 1. The minimum atomic E-state index is -4.40. The molecule has 112 valence electrons. The molecule has 0 aliphatic carbocycles. The van der Waals surface area contributed by atoms with Crippen molar-refractivity contribution in [3.8, 4) is 5.75 Å². The highest BCUT2D eigenvalue weighted by Gasteiger charge is 2.40. The second-order valence-corrected chi connectivity index (χ2v) is 5.23. The summed E-state index contributed by atoms with van der Waals surface area (Å²) in [7, 11) is 1.50. The molecule has 1 atom stereocenters. The lowest BCUT2D eigenvalue weighted by Crippen LogP contribution is -2.27. The lowest BCUT2D eigenvalue weighted by Gasteiger charge is -2.23. The Morgan fingerprint density at radius 2 is 1.76 bits per heavy atom. The topological polar surface area (TPSA) is 21.3 Å². The molecule has 21 heavy (non-hydrogen) atoms. The van der Waals surface area contributed by atoms with Crippen LogP contribution in [0.15, 0.2) is 53.0 Å². The number of ether oxygens (including phenoxy) is 1. The van der Waals surface area contributed by atoms with E-state index >= 15 is 0 Å². The van der Waals surface area contributed by atoms with Crippen LogP contribution in [0.1, 0.15) is 11.6 Å². The van der Waals surface area contributed by atoms with Crippen LogP contribution in [-0.2, 0) is 0 Å². The number of methoxy groups -OCH3 is 1. The quantitative estimate of drug-likeness (QED) is 0.812. The summed E-state index contributed by atoms with van der Waals surface area (Å²) in [5.74, 6) is 0.559. The third-order valence-corrected chi connectivity index (χ3v) is 3.54. The Bertz CT molecular complexity index is 602. The maximum Gasteiger partial charge on any atom is 0.412 e. The van der Waals surface area contributed by atoms with Gasteiger partial charge in [-0.15, -0.1) is 0 Å². The Hall–Kier alpha value is -1.69. The summed E-state index contributed by atoms with van der Waals surface area (Å²) in [5, 5.41) is 2.52. The van der Waals surface area contributed by atoms with E-state index in [0.717, 1.165) is 0 Å². The van der Waals surface area contributed by atoms with Crippen molar-refractivity contribution in [2.45, 2.75) is 12.2 Å². The summed E-state index contributed by atoms with van der Waals surface area (Å²) in [4.78, 5) is 0. The first-order valence-electron chi connectivity index (χ1n) is 6.13. The van der Waals surface area contributed by atoms with Crippen LogP contribution in [0.5, 0.6) is 5.75 Å². The van der Waals surface area contributed by atoms with E-state index in [1.165, 1.54) is 19.2 Å². The van der Waals surface area contributed by atoms with Crippen LogP contribution in [0, 0.1) is 0 Å². The lowest BCUT2D eigenvalue weighted by atomic mass is 10.1. The molecule has 0 spiro atoms. The molecule has 2 rings (SSSR count). The molecule has 0 radical (unpaired) electrons. The third-order valence-electron chi connectivity index (χ3n) is 2.92. The number of benzene rings is 2. The summed E-state index contributed by atoms with van der Waals surface area (Å²) >= 11 is 3.26. The normalized spacial score (nSPS) is 12.8. The largest absolute Gasteiger partial charge is 0.496 e. The predicted molar refractivity (Wildman–Crippen MR) is 79.6 cm³/mol. The molecule has 2 aromatic carbocycles. The van der Waals surface area contributed by atoms with Crippen LogP contribution >= 0.6 is 15.9 Å². The lowest BCUT2D eigenvalue weighted by molar-refractivity contribution is -0.144. The second-order valence-electron chi connectivity index (χ2n) is 4.38. The molecule has 0 saturated carbocycles. The van der Waals surface area contributed by atoms with Gasteiger partial charge < -0.3 is 10.1 Å². The van der Waals surface area contributed by atoms with E-state index in [1.807, 2.05) is 0 Å². The molecule has 0 amide bonds. The van der Waals surface area contributed by atoms with Gasteiger partial charge in [-0.25, -0.2) is 0 Å². The Kier molecular flexibility index (Phi) is 4.77. The molecule has 2 aromatic rings. The zero-order valence-corrected chi connectivity index (χ0v) is 12.7. The highest BCUT2D eigenvalue weighted by atomic mass is 79.9. The van der Waals surface area contributed by atoms with Crippen molar-refractivity contribution in [3.05, 3.63) is 58.6 Å². The summed E-state index contributed by atoms with van der Waals surface area (Å²) in [6.07, 6.45) is -4.40. The van der Waals surface area contributed by atoms with Crippen LogP contribution in [0.3, 0.4) is 0 Å². The van der Waals surface area contributed by atoms with Crippen molar-refractivity contribution in [1.82, 2.24) is 0 Å². The van der Waals surface area contributed by atoms with Gasteiger partial charge in [-0.05, 0) is 39.7 Å². The van der Waals surface area contributed by atoms with Gasteiger partial charge in [0, 0.05) is 5.69 Å². The summed E-state index contributed by atoms with van der Waals surface area (Å²) in [6.45, 7) is 0. The first kappa shape index (κ1) is 15.7. The maximum atomic E-state index is 13.2. The minimum Gasteiger partial charge on any atom is -0.496 e. The van der Waals surface area contributed by atoms with Crippen LogP contribution in [0.4, 0.5) is 18.9 Å². The fourth-order valence-electron chi connectivity index (χ4n) is 1.92. The molecule has 6 heteroatoms. The van der Waals surface area contributed by atoms with Crippen molar-refractivity contribution in [2.75, 3.05) is 12.4 Å². The minimum absolute atomic E-state index is 0.164. The summed E-state index contributed by atoms with van der Waals surface area (Å²) < 4.78 is 45.4. The van der Waals surface area contributed by atoms with E-state index in [9.17, 15) is 13.2 Å². The zero-order valence-electron chi connectivity index (χ0n) is 11.1. The highest BCUT2D eigenvalue weighted by Crippen LogP contribution is 2.37. The molecular weight excluding hydrogens is 347 g/mol. The highest BCUT2D eigenvalue weighted by molar-refractivity contribution is 9.10. The smallest absolute Gasteiger partial charge is 0.412 e. The molecule has 0 bridgehead atoms. The summed E-state index contributed by atoms with van der Waals surface area (Å²) in [5.41, 5.74) is 0.519. The standard InChI is InChI=1S/C15H13BrF3NO/c1-21-13-8-7-11(9-12(13)16)20-14(15(17,18)19)10-5-3-2-4-6-10/h2-9,14,20H,1H3. The molecule has 0 aliphatic heterocycles. The van der Waals surface area contributed by atoms with Gasteiger partial charge in [-0.3, -0.25) is 0 Å². The van der Waals surface area contributed by atoms with Crippen molar-refractivity contribution in [2.24, 2.45) is 0 Å². The fourth-order valence-corrected chi connectivity index (χ4v) is 2.46. The maximum absolute atomic E-state index is 13.2. The van der Waals surface area contributed by atoms with E-state index in [1.54, 1.807) is 36.4 Å². The monoisotopic (exact) mass is 359 g/mol. The van der Waals surface area contributed by atoms with Crippen molar-refractivity contribution in [3.63, 3.8) is 0 Å². The Balaban J connectivity index is 2.30. The number of nitrogens with one attached hydrogen (secondary N) is 1. The molecule has 0 saturated heterocycles. The molecule has 1 N–H and O–H groups in total. The fraction of sp³-hybridized carbons (Fsp3) is 0.200. The number of halogens is 4. The molecular formula is C15H13BrF3NO. The Morgan fingerprint density at radius 1 is 1.10 bits per heavy atom. The van der Waals surface area contributed by atoms with Crippen LogP contribution in [0.25, 0.3) is 0 Å². The molecule has 0 aromatic heterocycles. The van der Waals surface area contributed by atoms with Crippen molar-refractivity contribution >= 4 is 21.6 Å². The number of hydrogen-bond acceptors (Lipinski definition) is 2. The van der Waals surface area contributed by atoms with Gasteiger partial charge in [0.15, 0.2) is 0 Å². The van der Waals surface area contributed by atoms with E-state index in [-0.39, 0.29) is 5.56 Å². The van der Waals surface area contributed by atoms with E-state index in [2.05, 4.69) is 21.2 Å².